The molecule has 1 saturated carbocycles. The second-order valence-electron chi connectivity index (χ2n) is 5.86. The minimum atomic E-state index is 0.855. The van der Waals surface area contributed by atoms with Crippen LogP contribution in [0.2, 0.25) is 0 Å². The second-order valence-corrected chi connectivity index (χ2v) is 5.86. The predicted molar refractivity (Wildman–Crippen MR) is 66.0 cm³/mol. The number of hydrogen-bond donors (Lipinski definition) is 0. The lowest BCUT2D eigenvalue weighted by Crippen LogP contribution is -2.42. The third-order valence-electron chi connectivity index (χ3n) is 4.70. The van der Waals surface area contributed by atoms with Crippen LogP contribution in [0.4, 0.5) is 0 Å². The topological polar surface area (TPSA) is 3.24 Å². The summed E-state index contributed by atoms with van der Waals surface area (Å²) >= 11 is 0. The molecule has 0 aromatic carbocycles. The van der Waals surface area contributed by atoms with Crippen LogP contribution in [0.15, 0.2) is 0 Å². The molecule has 0 bridgehead atoms. The molecule has 2 aliphatic rings. The molecule has 0 radical (unpaired) electrons. The molecule has 1 heterocycles. The zero-order valence-corrected chi connectivity index (χ0v) is 10.5. The molecule has 1 heteroatoms. The number of nitrogens with zero attached hydrogens (tertiary/aromatic N) is 1. The molecule has 15 heavy (non-hydrogen) atoms. The van der Waals surface area contributed by atoms with E-state index in [1.165, 1.54) is 58.0 Å². The highest BCUT2D eigenvalue weighted by Crippen LogP contribution is 2.31. The first-order valence-corrected chi connectivity index (χ1v) is 7.01. The Balaban J connectivity index is 1.83. The first-order valence-electron chi connectivity index (χ1n) is 7.01. The first kappa shape index (κ1) is 11.4. The van der Waals surface area contributed by atoms with E-state index in [9.17, 15) is 0 Å². The third kappa shape index (κ3) is 2.96. The monoisotopic (exact) mass is 209 g/mol. The van der Waals surface area contributed by atoms with E-state index in [1.54, 1.807) is 0 Å². The molecule has 88 valence electrons. The fourth-order valence-corrected chi connectivity index (χ4v) is 3.39. The molecule has 1 nitrogen and oxygen atoms in total. The van der Waals surface area contributed by atoms with Gasteiger partial charge >= 0.3 is 0 Å². The van der Waals surface area contributed by atoms with Crippen LogP contribution >= 0.6 is 0 Å². The summed E-state index contributed by atoms with van der Waals surface area (Å²) in [4.78, 5) is 2.76. The van der Waals surface area contributed by atoms with Crippen molar-refractivity contribution in [1.82, 2.24) is 4.90 Å². The van der Waals surface area contributed by atoms with Crippen LogP contribution < -0.4 is 0 Å². The van der Waals surface area contributed by atoms with Gasteiger partial charge < -0.3 is 4.90 Å². The number of piperidine rings is 1. The molecule has 0 N–H and O–H groups in total. The third-order valence-corrected chi connectivity index (χ3v) is 4.70. The molecule has 0 amide bonds. The molecular weight excluding hydrogens is 182 g/mol. The van der Waals surface area contributed by atoms with E-state index in [4.69, 9.17) is 0 Å². The maximum atomic E-state index is 2.76. The Labute approximate surface area is 95.2 Å². The van der Waals surface area contributed by atoms with Crippen molar-refractivity contribution in [3.63, 3.8) is 0 Å². The summed E-state index contributed by atoms with van der Waals surface area (Å²) in [6.07, 6.45) is 10.3. The van der Waals surface area contributed by atoms with E-state index in [0.717, 1.165) is 17.9 Å². The van der Waals surface area contributed by atoms with Crippen molar-refractivity contribution in [2.24, 2.45) is 11.8 Å². The first-order chi connectivity index (χ1) is 7.27. The van der Waals surface area contributed by atoms with Crippen LogP contribution in [0.5, 0.6) is 0 Å². The van der Waals surface area contributed by atoms with Crippen LogP contribution in [0.3, 0.4) is 0 Å². The van der Waals surface area contributed by atoms with E-state index < -0.39 is 0 Å². The van der Waals surface area contributed by atoms with Gasteiger partial charge in [-0.2, -0.15) is 0 Å². The molecule has 0 spiro atoms. The van der Waals surface area contributed by atoms with Crippen molar-refractivity contribution in [3.05, 3.63) is 0 Å². The average Bonchev–Trinajstić information content (AvgIpc) is 2.24. The van der Waals surface area contributed by atoms with Crippen LogP contribution in [-0.2, 0) is 0 Å². The molecule has 0 aromatic rings. The van der Waals surface area contributed by atoms with E-state index >= 15 is 0 Å². The Morgan fingerprint density at radius 2 is 1.67 bits per heavy atom. The highest BCUT2D eigenvalue weighted by Gasteiger charge is 2.26. The summed E-state index contributed by atoms with van der Waals surface area (Å²) in [6, 6.07) is 0.855. The van der Waals surface area contributed by atoms with Gasteiger partial charge in [0.05, 0.1) is 0 Å². The molecule has 1 aliphatic carbocycles. The zero-order valence-electron chi connectivity index (χ0n) is 10.5. The van der Waals surface area contributed by atoms with E-state index in [0.29, 0.717) is 0 Å². The smallest absolute Gasteiger partial charge is 0.00670 e. The molecule has 2 rings (SSSR count). The largest absolute Gasteiger partial charge is 0.300 e. The van der Waals surface area contributed by atoms with Gasteiger partial charge in [-0.1, -0.05) is 32.6 Å². The Morgan fingerprint density at radius 1 is 0.933 bits per heavy atom. The lowest BCUT2D eigenvalue weighted by molar-refractivity contribution is 0.102. The molecule has 0 aromatic heterocycles. The Hall–Kier alpha value is -0.0400. The van der Waals surface area contributed by atoms with Crippen LogP contribution in [0.1, 0.15) is 58.8 Å². The molecule has 1 saturated heterocycles. The summed E-state index contributed by atoms with van der Waals surface area (Å²) < 4.78 is 0. The normalized spacial score (nSPS) is 39.2. The summed E-state index contributed by atoms with van der Waals surface area (Å²) in [6.45, 7) is 7.65. The summed E-state index contributed by atoms with van der Waals surface area (Å²) in [5.74, 6) is 1.98. The van der Waals surface area contributed by atoms with Crippen molar-refractivity contribution in [1.29, 1.82) is 0 Å². The maximum Gasteiger partial charge on any atom is 0.00670 e. The van der Waals surface area contributed by atoms with Crippen LogP contribution in [0.25, 0.3) is 0 Å². The lowest BCUT2D eigenvalue weighted by Gasteiger charge is -2.39. The molecule has 3 atom stereocenters. The predicted octanol–water partition coefficient (Wildman–Crippen LogP) is 3.69. The van der Waals surface area contributed by atoms with Crippen LogP contribution in [-0.4, -0.2) is 24.0 Å². The highest BCUT2D eigenvalue weighted by atomic mass is 15.2. The van der Waals surface area contributed by atoms with E-state index in [1.807, 2.05) is 0 Å². The van der Waals surface area contributed by atoms with Crippen molar-refractivity contribution in [2.75, 3.05) is 13.1 Å². The number of likely N-dealkylation sites (tertiary alicyclic amines) is 1. The molecule has 3 unspecified atom stereocenters. The number of rotatable bonds is 2. The van der Waals surface area contributed by atoms with E-state index in [2.05, 4.69) is 18.7 Å². The summed E-state index contributed by atoms with van der Waals surface area (Å²) in [5.41, 5.74) is 0. The van der Waals surface area contributed by atoms with Gasteiger partial charge in [-0.15, -0.1) is 0 Å². The highest BCUT2D eigenvalue weighted by molar-refractivity contribution is 4.80. The van der Waals surface area contributed by atoms with Crippen LogP contribution in [0, 0.1) is 11.8 Å². The molecule has 1 aliphatic heterocycles. The van der Waals surface area contributed by atoms with Crippen molar-refractivity contribution in [3.8, 4) is 0 Å². The van der Waals surface area contributed by atoms with E-state index in [-0.39, 0.29) is 0 Å². The van der Waals surface area contributed by atoms with Gasteiger partial charge in [0.1, 0.15) is 0 Å². The van der Waals surface area contributed by atoms with Crippen molar-refractivity contribution in [2.45, 2.75) is 64.8 Å². The summed E-state index contributed by atoms with van der Waals surface area (Å²) in [7, 11) is 0. The van der Waals surface area contributed by atoms with Gasteiger partial charge in [0.15, 0.2) is 0 Å². The summed E-state index contributed by atoms with van der Waals surface area (Å²) in [5, 5.41) is 0. The fourth-order valence-electron chi connectivity index (χ4n) is 3.39. The lowest BCUT2D eigenvalue weighted by atomic mass is 9.80. The molecular formula is C14H27N. The Kier molecular flexibility index (Phi) is 4.07. The fraction of sp³-hybridized carbons (Fsp3) is 1.00. The SMILES string of the molecule is CC1CCCCC1CN1CCCCC1C. The van der Waals surface area contributed by atoms with Crippen molar-refractivity contribution >= 4 is 0 Å². The van der Waals surface area contributed by atoms with Gasteiger partial charge in [-0.3, -0.25) is 0 Å². The Bertz CT molecular complexity index is 170. The van der Waals surface area contributed by atoms with Gasteiger partial charge in [0.2, 0.25) is 0 Å². The van der Waals surface area contributed by atoms with Gasteiger partial charge in [-0.25, -0.2) is 0 Å². The quantitative estimate of drug-likeness (QED) is 0.670. The Morgan fingerprint density at radius 3 is 2.40 bits per heavy atom. The second kappa shape index (κ2) is 5.34. The minimum Gasteiger partial charge on any atom is -0.300 e. The van der Waals surface area contributed by atoms with Gasteiger partial charge in [0, 0.05) is 12.6 Å². The minimum absolute atomic E-state index is 0.855. The van der Waals surface area contributed by atoms with Gasteiger partial charge in [0.25, 0.3) is 0 Å². The van der Waals surface area contributed by atoms with Crippen molar-refractivity contribution < 1.29 is 0 Å². The zero-order chi connectivity index (χ0) is 10.7. The maximum absolute atomic E-state index is 2.76. The molecule has 2 fully saturated rings. The standard InChI is InChI=1S/C14H27N/c1-12-7-3-4-9-14(12)11-15-10-6-5-8-13(15)2/h12-14H,3-11H2,1-2H3. The van der Waals surface area contributed by atoms with Gasteiger partial charge in [-0.05, 0) is 44.6 Å². The average molecular weight is 209 g/mol. The number of hydrogen-bond acceptors (Lipinski definition) is 1.